The van der Waals surface area contributed by atoms with Crippen molar-refractivity contribution < 1.29 is 14.0 Å². The van der Waals surface area contributed by atoms with E-state index < -0.39 is 6.04 Å². The first-order valence-electron chi connectivity index (χ1n) is 9.40. The van der Waals surface area contributed by atoms with Gasteiger partial charge in [-0.15, -0.1) is 0 Å². The molecule has 27 heavy (non-hydrogen) atoms. The van der Waals surface area contributed by atoms with E-state index in [9.17, 15) is 9.59 Å². The summed E-state index contributed by atoms with van der Waals surface area (Å²) in [5.41, 5.74) is 2.55. The molecule has 0 radical (unpaired) electrons. The molecule has 1 aromatic heterocycles. The maximum absolute atomic E-state index is 12.6. The molecule has 1 aliphatic heterocycles. The number of nitrogens with zero attached hydrogens (tertiary/aromatic N) is 1. The van der Waals surface area contributed by atoms with E-state index in [1.807, 2.05) is 0 Å². The maximum atomic E-state index is 12.6. The van der Waals surface area contributed by atoms with Crippen molar-refractivity contribution in [2.45, 2.75) is 38.0 Å². The normalized spacial score (nSPS) is 16.9. The number of nitrogens with one attached hydrogen (secondary N) is 1. The van der Waals surface area contributed by atoms with Gasteiger partial charge in [0.1, 0.15) is 6.04 Å². The smallest absolute Gasteiger partial charge is 0.290 e. The Hall–Kier alpha value is -2.21. The molecule has 0 saturated carbocycles. The Balaban J connectivity index is 1.44. The Morgan fingerprint density at radius 3 is 2.78 bits per heavy atom. The molecule has 2 amide bonds. The minimum Gasteiger partial charge on any atom is -0.459 e. The van der Waals surface area contributed by atoms with Crippen LogP contribution in [0.5, 0.6) is 0 Å². The van der Waals surface area contributed by atoms with Crippen LogP contribution in [0.4, 0.5) is 0 Å². The first kappa shape index (κ1) is 19.5. The Morgan fingerprint density at radius 1 is 1.22 bits per heavy atom. The van der Waals surface area contributed by atoms with Gasteiger partial charge in [-0.1, -0.05) is 29.8 Å². The molecule has 144 valence electrons. The zero-order chi connectivity index (χ0) is 19.1. The van der Waals surface area contributed by atoms with Crippen LogP contribution in [-0.2, 0) is 10.5 Å². The highest BCUT2D eigenvalue weighted by Crippen LogP contribution is 2.20. The summed E-state index contributed by atoms with van der Waals surface area (Å²) in [6.07, 6.45) is 4.07. The fraction of sp³-hybridized carbons (Fsp3) is 0.429. The zero-order valence-corrected chi connectivity index (χ0v) is 16.5. The number of carbonyl (C=O) groups is 2. The third-order valence-electron chi connectivity index (χ3n) is 4.73. The second-order valence-electron chi connectivity index (χ2n) is 6.82. The van der Waals surface area contributed by atoms with Crippen molar-refractivity contribution in [3.05, 3.63) is 59.5 Å². The molecule has 1 aliphatic rings. The number of furan rings is 1. The number of thioether (sulfide) groups is 1. The molecule has 2 heterocycles. The van der Waals surface area contributed by atoms with E-state index >= 15 is 0 Å². The van der Waals surface area contributed by atoms with Crippen LogP contribution < -0.4 is 5.32 Å². The van der Waals surface area contributed by atoms with Crippen LogP contribution in [0.15, 0.2) is 47.1 Å². The number of benzene rings is 1. The third-order valence-corrected chi connectivity index (χ3v) is 5.76. The summed E-state index contributed by atoms with van der Waals surface area (Å²) in [7, 11) is 0. The Kier molecular flexibility index (Phi) is 6.98. The zero-order valence-electron chi connectivity index (χ0n) is 15.6. The Labute approximate surface area is 164 Å². The summed E-state index contributed by atoms with van der Waals surface area (Å²) >= 11 is 1.80. The van der Waals surface area contributed by atoms with Gasteiger partial charge in [-0.05, 0) is 43.9 Å². The second-order valence-corrected chi connectivity index (χ2v) is 7.92. The van der Waals surface area contributed by atoms with Gasteiger partial charge in [0.05, 0.1) is 6.26 Å². The average molecular weight is 387 g/mol. The van der Waals surface area contributed by atoms with Crippen molar-refractivity contribution in [1.29, 1.82) is 0 Å². The molecule has 1 N–H and O–H groups in total. The van der Waals surface area contributed by atoms with Crippen LogP contribution in [-0.4, -0.2) is 41.6 Å². The molecular weight excluding hydrogens is 360 g/mol. The molecule has 1 aromatic carbocycles. The van der Waals surface area contributed by atoms with Gasteiger partial charge < -0.3 is 14.6 Å². The quantitative estimate of drug-likeness (QED) is 0.738. The van der Waals surface area contributed by atoms with Crippen LogP contribution >= 0.6 is 11.8 Å². The van der Waals surface area contributed by atoms with Gasteiger partial charge in [0.15, 0.2) is 5.76 Å². The summed E-state index contributed by atoms with van der Waals surface area (Å²) in [6, 6.07) is 11.4. The number of aryl methyl sites for hydroxylation is 1. The SMILES string of the molecule is Cc1ccc(CSCCNC(=O)C2CCCCN2C(=O)c2ccco2)cc1. The van der Waals surface area contributed by atoms with Crippen molar-refractivity contribution in [3.8, 4) is 0 Å². The standard InChI is InChI=1S/C21H26N2O3S/c1-16-7-9-17(10-8-16)15-27-14-11-22-20(24)18-5-2-3-12-23(18)21(25)19-6-4-13-26-19/h4,6-10,13,18H,2-3,5,11-12,14-15H2,1H3,(H,22,24). The predicted octanol–water partition coefficient (Wildman–Crippen LogP) is 3.63. The molecule has 2 aromatic rings. The van der Waals surface area contributed by atoms with Gasteiger partial charge in [-0.25, -0.2) is 0 Å². The number of amides is 2. The van der Waals surface area contributed by atoms with E-state index in [2.05, 4.69) is 36.5 Å². The first-order valence-corrected chi connectivity index (χ1v) is 10.6. The molecule has 5 nitrogen and oxygen atoms in total. The number of piperidine rings is 1. The molecular formula is C21H26N2O3S. The summed E-state index contributed by atoms with van der Waals surface area (Å²) in [5.74, 6) is 1.81. The van der Waals surface area contributed by atoms with Crippen molar-refractivity contribution in [3.63, 3.8) is 0 Å². The number of rotatable bonds is 7. The fourth-order valence-electron chi connectivity index (χ4n) is 3.23. The molecule has 1 unspecified atom stereocenters. The minimum atomic E-state index is -0.404. The number of likely N-dealkylation sites (tertiary alicyclic amines) is 1. The molecule has 6 heteroatoms. The van der Waals surface area contributed by atoms with Crippen molar-refractivity contribution in [2.24, 2.45) is 0 Å². The Bertz CT molecular complexity index is 743. The lowest BCUT2D eigenvalue weighted by molar-refractivity contribution is -0.126. The molecule has 1 saturated heterocycles. The average Bonchev–Trinajstić information content (AvgIpc) is 3.23. The van der Waals surface area contributed by atoms with Crippen LogP contribution in [0.25, 0.3) is 0 Å². The summed E-state index contributed by atoms with van der Waals surface area (Å²) in [6.45, 7) is 3.28. The van der Waals surface area contributed by atoms with Crippen LogP contribution in [0.1, 0.15) is 40.9 Å². The Morgan fingerprint density at radius 2 is 2.04 bits per heavy atom. The van der Waals surface area contributed by atoms with Gasteiger partial charge in [0.25, 0.3) is 5.91 Å². The van der Waals surface area contributed by atoms with Gasteiger partial charge in [0, 0.05) is 24.6 Å². The first-order chi connectivity index (χ1) is 13.1. The predicted molar refractivity (Wildman–Crippen MR) is 108 cm³/mol. The van der Waals surface area contributed by atoms with E-state index in [4.69, 9.17) is 4.42 Å². The van der Waals surface area contributed by atoms with E-state index in [1.165, 1.54) is 17.4 Å². The number of hydrogen-bond acceptors (Lipinski definition) is 4. The number of hydrogen-bond donors (Lipinski definition) is 1. The highest BCUT2D eigenvalue weighted by atomic mass is 32.2. The highest BCUT2D eigenvalue weighted by molar-refractivity contribution is 7.98. The highest BCUT2D eigenvalue weighted by Gasteiger charge is 2.33. The maximum Gasteiger partial charge on any atom is 0.290 e. The molecule has 0 bridgehead atoms. The topological polar surface area (TPSA) is 62.6 Å². The van der Waals surface area contributed by atoms with Crippen molar-refractivity contribution >= 4 is 23.6 Å². The molecule has 1 atom stereocenters. The van der Waals surface area contributed by atoms with E-state index in [1.54, 1.807) is 28.8 Å². The van der Waals surface area contributed by atoms with Crippen molar-refractivity contribution in [1.82, 2.24) is 10.2 Å². The minimum absolute atomic E-state index is 0.0643. The van der Waals surface area contributed by atoms with Gasteiger partial charge in [0.2, 0.25) is 5.91 Å². The van der Waals surface area contributed by atoms with Gasteiger partial charge in [-0.2, -0.15) is 11.8 Å². The van der Waals surface area contributed by atoms with Crippen LogP contribution in [0.3, 0.4) is 0 Å². The van der Waals surface area contributed by atoms with E-state index in [-0.39, 0.29) is 11.8 Å². The van der Waals surface area contributed by atoms with E-state index in [0.29, 0.717) is 25.3 Å². The second kappa shape index (κ2) is 9.65. The van der Waals surface area contributed by atoms with Crippen LogP contribution in [0, 0.1) is 6.92 Å². The summed E-state index contributed by atoms with van der Waals surface area (Å²) in [5, 5.41) is 2.99. The lowest BCUT2D eigenvalue weighted by Gasteiger charge is -2.34. The lowest BCUT2D eigenvalue weighted by atomic mass is 10.0. The van der Waals surface area contributed by atoms with Crippen LogP contribution in [0.2, 0.25) is 0 Å². The number of carbonyl (C=O) groups excluding carboxylic acids is 2. The largest absolute Gasteiger partial charge is 0.459 e. The summed E-state index contributed by atoms with van der Waals surface area (Å²) < 4.78 is 5.21. The fourth-order valence-corrected chi connectivity index (χ4v) is 4.05. The summed E-state index contributed by atoms with van der Waals surface area (Å²) in [4.78, 5) is 26.8. The lowest BCUT2D eigenvalue weighted by Crippen LogP contribution is -2.52. The molecule has 3 rings (SSSR count). The monoisotopic (exact) mass is 386 g/mol. The van der Waals surface area contributed by atoms with E-state index in [0.717, 1.165) is 24.3 Å². The molecule has 0 spiro atoms. The van der Waals surface area contributed by atoms with Crippen molar-refractivity contribution in [2.75, 3.05) is 18.8 Å². The molecule has 1 fully saturated rings. The van der Waals surface area contributed by atoms with Gasteiger partial charge >= 0.3 is 0 Å². The third kappa shape index (κ3) is 5.39. The molecule has 0 aliphatic carbocycles. The van der Waals surface area contributed by atoms with Gasteiger partial charge in [-0.3, -0.25) is 9.59 Å².